The third-order valence-electron chi connectivity index (χ3n) is 2.31. The minimum absolute atomic E-state index is 0.178. The second-order valence-corrected chi connectivity index (χ2v) is 5.54. The van der Waals surface area contributed by atoms with Crippen molar-refractivity contribution in [1.29, 1.82) is 5.41 Å². The highest BCUT2D eigenvalue weighted by atomic mass is 79.9. The Morgan fingerprint density at radius 1 is 1.42 bits per heavy atom. The van der Waals surface area contributed by atoms with E-state index in [9.17, 15) is 4.39 Å². The van der Waals surface area contributed by atoms with Crippen LogP contribution < -0.4 is 5.73 Å². The average Bonchev–Trinajstić information content (AvgIpc) is 2.35. The van der Waals surface area contributed by atoms with Gasteiger partial charge in [-0.3, -0.25) is 5.41 Å². The number of nitrogens with two attached hydrogens (primary N) is 1. The molecule has 19 heavy (non-hydrogen) atoms. The highest BCUT2D eigenvalue weighted by Crippen LogP contribution is 2.32. The first-order valence-corrected chi connectivity index (χ1v) is 6.90. The quantitative estimate of drug-likeness (QED) is 0.511. The zero-order valence-corrected chi connectivity index (χ0v) is 12.3. The van der Waals surface area contributed by atoms with Gasteiger partial charge < -0.3 is 5.73 Å². The lowest BCUT2D eigenvalue weighted by Crippen LogP contribution is -2.12. The summed E-state index contributed by atoms with van der Waals surface area (Å²) in [6.45, 7) is 1.84. The van der Waals surface area contributed by atoms with Crippen LogP contribution in [-0.2, 0) is 0 Å². The Hall–Kier alpha value is -1.47. The molecular weight excluding hydrogens is 331 g/mol. The lowest BCUT2D eigenvalue weighted by Gasteiger charge is -2.07. The number of nitrogens with one attached hydrogen (secondary N) is 1. The Bertz CT molecular complexity index is 648. The number of aryl methyl sites for hydroxylation is 1. The molecule has 0 bridgehead atoms. The van der Waals surface area contributed by atoms with Gasteiger partial charge in [0.15, 0.2) is 11.0 Å². The molecule has 0 atom stereocenters. The summed E-state index contributed by atoms with van der Waals surface area (Å²) in [5.74, 6) is -0.656. The molecule has 1 aromatic carbocycles. The van der Waals surface area contributed by atoms with E-state index in [2.05, 4.69) is 25.9 Å². The van der Waals surface area contributed by atoms with Gasteiger partial charge in [0.05, 0.1) is 9.37 Å². The Morgan fingerprint density at radius 3 is 2.79 bits per heavy atom. The lowest BCUT2D eigenvalue weighted by molar-refractivity contribution is 0.594. The fourth-order valence-corrected chi connectivity index (χ4v) is 2.91. The van der Waals surface area contributed by atoms with Gasteiger partial charge in [-0.25, -0.2) is 14.4 Å². The van der Waals surface area contributed by atoms with Gasteiger partial charge in [0.25, 0.3) is 0 Å². The van der Waals surface area contributed by atoms with Crippen LogP contribution in [0.2, 0.25) is 0 Å². The Kier molecular flexibility index (Phi) is 4.16. The van der Waals surface area contributed by atoms with Gasteiger partial charge in [0, 0.05) is 17.5 Å². The van der Waals surface area contributed by atoms with Crippen LogP contribution in [0.4, 0.5) is 4.39 Å². The Balaban J connectivity index is 2.37. The molecule has 3 N–H and O–H groups in total. The van der Waals surface area contributed by atoms with E-state index in [1.54, 1.807) is 24.4 Å². The summed E-state index contributed by atoms with van der Waals surface area (Å²) in [6, 6.07) is 4.93. The van der Waals surface area contributed by atoms with Gasteiger partial charge in [0.2, 0.25) is 0 Å². The molecule has 0 fully saturated rings. The number of hydrogen-bond donors (Lipinski definition) is 2. The van der Waals surface area contributed by atoms with E-state index in [1.165, 1.54) is 0 Å². The second-order valence-electron chi connectivity index (χ2n) is 3.74. The van der Waals surface area contributed by atoms with Crippen LogP contribution >= 0.6 is 27.7 Å². The number of halogens is 2. The molecule has 7 heteroatoms. The maximum Gasteiger partial charge on any atom is 0.192 e. The van der Waals surface area contributed by atoms with Crippen LogP contribution in [0, 0.1) is 18.2 Å². The van der Waals surface area contributed by atoms with Crippen LogP contribution in [0.25, 0.3) is 0 Å². The van der Waals surface area contributed by atoms with E-state index in [4.69, 9.17) is 11.1 Å². The van der Waals surface area contributed by atoms with Gasteiger partial charge in [0.1, 0.15) is 5.84 Å². The van der Waals surface area contributed by atoms with E-state index in [0.29, 0.717) is 15.6 Å². The minimum Gasteiger partial charge on any atom is -0.384 e. The molecular formula is C12H10BrFN4S. The van der Waals surface area contributed by atoms with Crippen molar-refractivity contribution in [1.82, 2.24) is 9.97 Å². The summed E-state index contributed by atoms with van der Waals surface area (Å²) in [4.78, 5) is 8.64. The maximum atomic E-state index is 14.1. The predicted molar refractivity (Wildman–Crippen MR) is 76.0 cm³/mol. The van der Waals surface area contributed by atoms with Gasteiger partial charge in [-0.2, -0.15) is 0 Å². The lowest BCUT2D eigenvalue weighted by atomic mass is 10.2. The monoisotopic (exact) mass is 340 g/mol. The predicted octanol–water partition coefficient (Wildman–Crippen LogP) is 3.12. The molecule has 0 aliphatic heterocycles. The van der Waals surface area contributed by atoms with Gasteiger partial charge in [-0.05, 0) is 52.8 Å². The number of aromatic nitrogens is 2. The molecule has 0 aliphatic rings. The number of rotatable bonds is 3. The molecule has 1 aromatic heterocycles. The first kappa shape index (κ1) is 14.0. The van der Waals surface area contributed by atoms with E-state index < -0.39 is 5.82 Å². The molecule has 0 spiro atoms. The van der Waals surface area contributed by atoms with Crippen LogP contribution in [0.5, 0.6) is 0 Å². The first-order chi connectivity index (χ1) is 8.99. The number of nitrogen functional groups attached to an aromatic ring is 1. The topological polar surface area (TPSA) is 75.7 Å². The smallest absolute Gasteiger partial charge is 0.192 e. The van der Waals surface area contributed by atoms with E-state index in [0.717, 1.165) is 17.5 Å². The number of nitrogens with zero attached hydrogens (tertiary/aromatic N) is 2. The van der Waals surface area contributed by atoms with Crippen LogP contribution in [0.15, 0.2) is 38.9 Å². The molecule has 2 rings (SSSR count). The van der Waals surface area contributed by atoms with Crippen molar-refractivity contribution in [3.8, 4) is 0 Å². The fraction of sp³-hybridized carbons (Fsp3) is 0.0833. The molecule has 0 amide bonds. The molecule has 0 unspecified atom stereocenters. The zero-order valence-electron chi connectivity index (χ0n) is 9.95. The van der Waals surface area contributed by atoms with Crippen molar-refractivity contribution < 1.29 is 4.39 Å². The van der Waals surface area contributed by atoms with Crippen LogP contribution in [-0.4, -0.2) is 15.8 Å². The third-order valence-corrected chi connectivity index (χ3v) is 4.00. The third kappa shape index (κ3) is 3.10. The first-order valence-electron chi connectivity index (χ1n) is 5.29. The summed E-state index contributed by atoms with van der Waals surface area (Å²) in [5, 5.41) is 7.82. The van der Waals surface area contributed by atoms with Gasteiger partial charge >= 0.3 is 0 Å². The van der Waals surface area contributed by atoms with Crippen LogP contribution in [0.3, 0.4) is 0 Å². The highest BCUT2D eigenvalue weighted by molar-refractivity contribution is 9.10. The van der Waals surface area contributed by atoms with Crippen molar-refractivity contribution in [2.75, 3.05) is 0 Å². The van der Waals surface area contributed by atoms with E-state index in [1.807, 2.05) is 6.92 Å². The molecule has 98 valence electrons. The molecule has 0 radical (unpaired) electrons. The van der Waals surface area contributed by atoms with E-state index >= 15 is 0 Å². The Labute approximate surface area is 122 Å². The van der Waals surface area contributed by atoms with Crippen molar-refractivity contribution in [3.63, 3.8) is 0 Å². The van der Waals surface area contributed by atoms with Crippen LogP contribution in [0.1, 0.15) is 11.3 Å². The largest absolute Gasteiger partial charge is 0.384 e. The van der Waals surface area contributed by atoms with Crippen molar-refractivity contribution in [2.45, 2.75) is 17.0 Å². The van der Waals surface area contributed by atoms with Crippen molar-refractivity contribution >= 4 is 33.5 Å². The van der Waals surface area contributed by atoms with Gasteiger partial charge in [-0.15, -0.1) is 0 Å². The average molecular weight is 341 g/mol. The molecule has 0 aliphatic carbocycles. The minimum atomic E-state index is -0.470. The summed E-state index contributed by atoms with van der Waals surface area (Å²) in [7, 11) is 0. The van der Waals surface area contributed by atoms with Crippen molar-refractivity contribution in [2.24, 2.45) is 5.73 Å². The van der Waals surface area contributed by atoms with Gasteiger partial charge in [-0.1, -0.05) is 0 Å². The highest BCUT2D eigenvalue weighted by Gasteiger charge is 2.14. The molecule has 0 saturated carbocycles. The number of benzene rings is 1. The Morgan fingerprint density at radius 2 is 2.16 bits per heavy atom. The number of hydrogen-bond acceptors (Lipinski definition) is 4. The maximum absolute atomic E-state index is 14.1. The molecule has 0 saturated heterocycles. The molecule has 1 heterocycles. The summed E-state index contributed by atoms with van der Waals surface area (Å²) in [6.07, 6.45) is 1.63. The molecule has 4 nitrogen and oxygen atoms in total. The summed E-state index contributed by atoms with van der Waals surface area (Å²) in [5.41, 5.74) is 6.50. The number of amidine groups is 1. The SMILES string of the molecule is Cc1ccnc(Sc2ccc(C(=N)N)c(Br)c2F)n1. The summed E-state index contributed by atoms with van der Waals surface area (Å²) < 4.78 is 14.3. The normalized spacial score (nSPS) is 10.5. The second kappa shape index (κ2) is 5.66. The zero-order chi connectivity index (χ0) is 14.0. The standard InChI is InChI=1S/C12H10BrFN4S/c1-6-4-5-17-12(18-6)19-8-3-2-7(11(15)16)9(13)10(8)14/h2-5H,1H3,(H3,15,16). The molecule has 2 aromatic rings. The fourth-order valence-electron chi connectivity index (χ4n) is 1.39. The van der Waals surface area contributed by atoms with Crippen molar-refractivity contribution in [3.05, 3.63) is 45.9 Å². The summed E-state index contributed by atoms with van der Waals surface area (Å²) >= 11 is 4.23. The van der Waals surface area contributed by atoms with E-state index in [-0.39, 0.29) is 10.3 Å².